The molecule has 0 unspecified atom stereocenters. The molecule has 0 spiro atoms. The summed E-state index contributed by atoms with van der Waals surface area (Å²) >= 11 is 0. The minimum atomic E-state index is -2.63. The number of rotatable bonds is 5. The molecule has 2 saturated heterocycles. The molecule has 138 valence electrons. The molecule has 3 aliphatic rings. The minimum Gasteiger partial charge on any atom is -0.334 e. The van der Waals surface area contributed by atoms with Gasteiger partial charge in [0.15, 0.2) is 0 Å². The van der Waals surface area contributed by atoms with Gasteiger partial charge in [-0.05, 0) is 33.0 Å². The van der Waals surface area contributed by atoms with E-state index >= 15 is 0 Å². The van der Waals surface area contributed by atoms with Gasteiger partial charge in [0.25, 0.3) is 11.8 Å². The Labute approximate surface area is 146 Å². The van der Waals surface area contributed by atoms with Crippen molar-refractivity contribution in [3.63, 3.8) is 0 Å². The lowest BCUT2D eigenvalue weighted by molar-refractivity contribution is -0.0116. The summed E-state index contributed by atoms with van der Waals surface area (Å²) in [4.78, 5) is 18.0. The number of likely N-dealkylation sites (N-methyl/N-ethyl adjacent to an activating group) is 1. The van der Waals surface area contributed by atoms with Gasteiger partial charge in [0.05, 0.1) is 6.54 Å². The van der Waals surface area contributed by atoms with Gasteiger partial charge in [-0.15, -0.1) is 0 Å². The smallest absolute Gasteiger partial charge is 0.274 e. The van der Waals surface area contributed by atoms with Crippen LogP contribution in [0.15, 0.2) is 6.07 Å². The van der Waals surface area contributed by atoms with Crippen LogP contribution in [0, 0.1) is 0 Å². The van der Waals surface area contributed by atoms with Crippen molar-refractivity contribution < 1.29 is 13.6 Å². The molecular weight excluding hydrogens is 328 g/mol. The van der Waals surface area contributed by atoms with E-state index in [2.05, 4.69) is 10.2 Å². The second-order valence-electron chi connectivity index (χ2n) is 8.00. The average Bonchev–Trinajstić information content (AvgIpc) is 3.12. The second-order valence-corrected chi connectivity index (χ2v) is 8.00. The molecule has 1 aliphatic carbocycles. The van der Waals surface area contributed by atoms with Crippen LogP contribution in [0.2, 0.25) is 0 Å². The largest absolute Gasteiger partial charge is 0.334 e. The van der Waals surface area contributed by atoms with Gasteiger partial charge in [0.2, 0.25) is 0 Å². The van der Waals surface area contributed by atoms with E-state index in [-0.39, 0.29) is 31.0 Å². The molecule has 1 aromatic heterocycles. The monoisotopic (exact) mass is 353 g/mol. The molecular formula is C17H25F2N5O. The SMILES string of the molecule is CN(C)C[C@@H]1CC(F)(F)CN1C1CN(C(=O)c2cc(C3CC3)[nH]n2)C1. The fourth-order valence-corrected chi connectivity index (χ4v) is 3.98. The van der Waals surface area contributed by atoms with Crippen molar-refractivity contribution >= 4 is 5.91 Å². The van der Waals surface area contributed by atoms with Gasteiger partial charge in [-0.3, -0.25) is 14.8 Å². The molecule has 1 saturated carbocycles. The van der Waals surface area contributed by atoms with Crippen molar-refractivity contribution in [1.82, 2.24) is 24.9 Å². The fraction of sp³-hybridized carbons (Fsp3) is 0.765. The Kier molecular flexibility index (Phi) is 4.07. The van der Waals surface area contributed by atoms with Crippen molar-refractivity contribution in [3.05, 3.63) is 17.5 Å². The average molecular weight is 353 g/mol. The first-order chi connectivity index (χ1) is 11.8. The summed E-state index contributed by atoms with van der Waals surface area (Å²) in [6, 6.07) is 1.70. The number of nitrogens with zero attached hydrogens (tertiary/aromatic N) is 4. The predicted molar refractivity (Wildman–Crippen MR) is 88.9 cm³/mol. The Bertz CT molecular complexity index is 651. The van der Waals surface area contributed by atoms with E-state index < -0.39 is 5.92 Å². The number of aromatic nitrogens is 2. The zero-order valence-electron chi connectivity index (χ0n) is 14.7. The first kappa shape index (κ1) is 16.9. The summed E-state index contributed by atoms with van der Waals surface area (Å²) in [6.07, 6.45) is 2.20. The zero-order chi connectivity index (χ0) is 17.8. The minimum absolute atomic E-state index is 0.0177. The zero-order valence-corrected chi connectivity index (χ0v) is 14.7. The molecule has 1 atom stereocenters. The molecule has 0 bridgehead atoms. The van der Waals surface area contributed by atoms with Gasteiger partial charge in [0, 0.05) is 49.8 Å². The first-order valence-corrected chi connectivity index (χ1v) is 8.95. The Morgan fingerprint density at radius 2 is 2.12 bits per heavy atom. The summed E-state index contributed by atoms with van der Waals surface area (Å²) < 4.78 is 27.7. The number of aromatic amines is 1. The van der Waals surface area contributed by atoms with Gasteiger partial charge in [-0.2, -0.15) is 5.10 Å². The molecule has 1 amide bonds. The highest BCUT2D eigenvalue weighted by Crippen LogP contribution is 2.39. The Hall–Kier alpha value is -1.54. The quantitative estimate of drug-likeness (QED) is 0.869. The Morgan fingerprint density at radius 1 is 1.40 bits per heavy atom. The van der Waals surface area contributed by atoms with Gasteiger partial charge in [0.1, 0.15) is 5.69 Å². The third kappa shape index (κ3) is 3.42. The molecule has 0 radical (unpaired) electrons. The molecule has 6 nitrogen and oxygen atoms in total. The number of hydrogen-bond acceptors (Lipinski definition) is 4. The molecule has 4 rings (SSSR count). The van der Waals surface area contributed by atoms with Crippen LogP contribution in [-0.4, -0.2) is 89.1 Å². The summed E-state index contributed by atoms with van der Waals surface area (Å²) in [5.41, 5.74) is 1.47. The molecule has 3 heterocycles. The van der Waals surface area contributed by atoms with Crippen molar-refractivity contribution in [2.24, 2.45) is 0 Å². The van der Waals surface area contributed by atoms with Crippen LogP contribution in [0.1, 0.15) is 41.4 Å². The number of amides is 1. The number of H-pyrrole nitrogens is 1. The summed E-state index contributed by atoms with van der Waals surface area (Å²) in [6.45, 7) is 1.42. The third-order valence-electron chi connectivity index (χ3n) is 5.45. The molecule has 8 heteroatoms. The van der Waals surface area contributed by atoms with Crippen LogP contribution >= 0.6 is 0 Å². The van der Waals surface area contributed by atoms with Crippen LogP contribution in [0.25, 0.3) is 0 Å². The van der Waals surface area contributed by atoms with Crippen molar-refractivity contribution in [1.29, 1.82) is 0 Å². The van der Waals surface area contributed by atoms with Crippen LogP contribution < -0.4 is 0 Å². The standard InChI is InChI=1S/C17H25F2N5O/c1-22(2)7-12-6-17(18,19)10-24(12)13-8-23(9-13)16(25)15-5-14(20-21-15)11-3-4-11/h5,11-13H,3-4,6-10H2,1-2H3,(H,20,21)/t12-/m0/s1. The van der Waals surface area contributed by atoms with Gasteiger partial charge in [-0.1, -0.05) is 0 Å². The van der Waals surface area contributed by atoms with Gasteiger partial charge >= 0.3 is 0 Å². The number of likely N-dealkylation sites (tertiary alicyclic amines) is 2. The number of carbonyl (C=O) groups is 1. The van der Waals surface area contributed by atoms with Crippen molar-refractivity contribution in [2.45, 2.75) is 43.2 Å². The van der Waals surface area contributed by atoms with Gasteiger partial charge < -0.3 is 9.80 Å². The molecule has 0 aromatic carbocycles. The summed E-state index contributed by atoms with van der Waals surface area (Å²) in [5.74, 6) is -2.21. The summed E-state index contributed by atoms with van der Waals surface area (Å²) in [5, 5.41) is 7.07. The number of halogens is 2. The van der Waals surface area contributed by atoms with E-state index in [1.54, 1.807) is 4.90 Å². The predicted octanol–water partition coefficient (Wildman–Crippen LogP) is 1.38. The van der Waals surface area contributed by atoms with Crippen LogP contribution in [0.3, 0.4) is 0 Å². The number of nitrogens with one attached hydrogen (secondary N) is 1. The second kappa shape index (κ2) is 6.02. The molecule has 1 N–H and O–H groups in total. The van der Waals surface area contributed by atoms with Crippen molar-refractivity contribution in [3.8, 4) is 0 Å². The highest BCUT2D eigenvalue weighted by molar-refractivity contribution is 5.93. The van der Waals surface area contributed by atoms with E-state index in [0.29, 0.717) is 31.2 Å². The maximum Gasteiger partial charge on any atom is 0.274 e. The molecule has 3 fully saturated rings. The van der Waals surface area contributed by atoms with E-state index in [9.17, 15) is 13.6 Å². The summed E-state index contributed by atoms with van der Waals surface area (Å²) in [7, 11) is 3.81. The van der Waals surface area contributed by atoms with E-state index in [0.717, 1.165) is 18.5 Å². The topological polar surface area (TPSA) is 55.5 Å². The molecule has 1 aromatic rings. The maximum atomic E-state index is 13.9. The lowest BCUT2D eigenvalue weighted by Gasteiger charge is -2.46. The number of alkyl halides is 2. The highest BCUT2D eigenvalue weighted by atomic mass is 19.3. The molecule has 25 heavy (non-hydrogen) atoms. The third-order valence-corrected chi connectivity index (χ3v) is 5.45. The lowest BCUT2D eigenvalue weighted by Crippen LogP contribution is -2.63. The van der Waals surface area contributed by atoms with E-state index in [4.69, 9.17) is 0 Å². The van der Waals surface area contributed by atoms with E-state index in [1.165, 1.54) is 0 Å². The first-order valence-electron chi connectivity index (χ1n) is 8.95. The maximum absolute atomic E-state index is 13.9. The van der Waals surface area contributed by atoms with Crippen LogP contribution in [0.4, 0.5) is 8.78 Å². The van der Waals surface area contributed by atoms with Crippen LogP contribution in [0.5, 0.6) is 0 Å². The lowest BCUT2D eigenvalue weighted by atomic mass is 10.0. The number of hydrogen-bond donors (Lipinski definition) is 1. The van der Waals surface area contributed by atoms with Gasteiger partial charge in [-0.25, -0.2) is 8.78 Å². The number of carbonyl (C=O) groups excluding carboxylic acids is 1. The Morgan fingerprint density at radius 3 is 2.76 bits per heavy atom. The molecule has 2 aliphatic heterocycles. The normalized spacial score (nSPS) is 27.1. The Balaban J connectivity index is 1.36. The highest BCUT2D eigenvalue weighted by Gasteiger charge is 2.50. The fourth-order valence-electron chi connectivity index (χ4n) is 3.98. The van der Waals surface area contributed by atoms with E-state index in [1.807, 2.05) is 30.0 Å². The van der Waals surface area contributed by atoms with Crippen molar-refractivity contribution in [2.75, 3.05) is 40.3 Å². The van der Waals surface area contributed by atoms with Crippen LogP contribution in [-0.2, 0) is 0 Å².